The molecule has 0 unspecified atom stereocenters. The van der Waals surface area contributed by atoms with Gasteiger partial charge in [0.25, 0.3) is 0 Å². The maximum Gasteiger partial charge on any atom is 0.319 e. The lowest BCUT2D eigenvalue weighted by Gasteiger charge is -2.29. The summed E-state index contributed by atoms with van der Waals surface area (Å²) < 4.78 is 5.51. The lowest BCUT2D eigenvalue weighted by Crippen LogP contribution is -2.37. The van der Waals surface area contributed by atoms with Gasteiger partial charge in [0.15, 0.2) is 0 Å². The van der Waals surface area contributed by atoms with Crippen LogP contribution in [0, 0.1) is 0 Å². The van der Waals surface area contributed by atoms with E-state index in [0.29, 0.717) is 30.3 Å². The van der Waals surface area contributed by atoms with Gasteiger partial charge in [0.05, 0.1) is 12.2 Å². The number of nitrogens with zero attached hydrogens (tertiary/aromatic N) is 1. The van der Waals surface area contributed by atoms with Crippen molar-refractivity contribution in [3.05, 3.63) is 18.2 Å². The van der Waals surface area contributed by atoms with Crippen LogP contribution < -0.4 is 20.3 Å². The second kappa shape index (κ2) is 5.81. The fourth-order valence-corrected chi connectivity index (χ4v) is 2.05. The maximum absolute atomic E-state index is 11.7. The Balaban J connectivity index is 2.19. The van der Waals surface area contributed by atoms with Crippen molar-refractivity contribution in [2.24, 2.45) is 0 Å². The van der Waals surface area contributed by atoms with E-state index in [2.05, 4.69) is 10.6 Å². The molecule has 1 aromatic rings. The van der Waals surface area contributed by atoms with E-state index < -0.39 is 0 Å². The Labute approximate surface area is 118 Å². The molecule has 0 fully saturated rings. The molecule has 1 heterocycles. The summed E-state index contributed by atoms with van der Waals surface area (Å²) in [6.07, 6.45) is 0. The second-order valence-corrected chi connectivity index (χ2v) is 4.95. The fraction of sp³-hybridized carbons (Fsp3) is 0.429. The van der Waals surface area contributed by atoms with Gasteiger partial charge in [-0.15, -0.1) is 0 Å². The minimum absolute atomic E-state index is 0.0432. The van der Waals surface area contributed by atoms with Crippen LogP contribution in [0.1, 0.15) is 20.8 Å². The van der Waals surface area contributed by atoms with Gasteiger partial charge in [-0.05, 0) is 32.0 Å². The van der Waals surface area contributed by atoms with Crippen LogP contribution in [0.2, 0.25) is 0 Å². The van der Waals surface area contributed by atoms with Gasteiger partial charge >= 0.3 is 6.03 Å². The van der Waals surface area contributed by atoms with Crippen molar-refractivity contribution in [1.29, 1.82) is 0 Å². The average molecular weight is 277 g/mol. The highest BCUT2D eigenvalue weighted by molar-refractivity contribution is 5.96. The number of carbonyl (C=O) groups is 2. The fourth-order valence-electron chi connectivity index (χ4n) is 2.05. The van der Waals surface area contributed by atoms with Crippen molar-refractivity contribution in [1.82, 2.24) is 5.32 Å². The molecule has 20 heavy (non-hydrogen) atoms. The molecule has 0 saturated carbocycles. The number of anilines is 2. The quantitative estimate of drug-likeness (QED) is 0.868. The molecule has 0 radical (unpaired) electrons. The third kappa shape index (κ3) is 3.20. The Morgan fingerprint density at radius 3 is 2.75 bits per heavy atom. The topological polar surface area (TPSA) is 70.7 Å². The van der Waals surface area contributed by atoms with E-state index in [1.807, 2.05) is 13.8 Å². The van der Waals surface area contributed by atoms with Gasteiger partial charge in [-0.3, -0.25) is 4.79 Å². The van der Waals surface area contributed by atoms with Crippen LogP contribution in [0.5, 0.6) is 5.75 Å². The maximum atomic E-state index is 11.7. The van der Waals surface area contributed by atoms with Crippen molar-refractivity contribution in [3.63, 3.8) is 0 Å². The Hall–Kier alpha value is -2.24. The lowest BCUT2D eigenvalue weighted by atomic mass is 10.2. The molecule has 0 bridgehead atoms. The van der Waals surface area contributed by atoms with Gasteiger partial charge in [-0.1, -0.05) is 0 Å². The van der Waals surface area contributed by atoms with Crippen LogP contribution in [0.15, 0.2) is 18.2 Å². The first-order valence-corrected chi connectivity index (χ1v) is 6.60. The number of fused-ring (bicyclic) bond motifs is 1. The van der Waals surface area contributed by atoms with Crippen LogP contribution >= 0.6 is 0 Å². The van der Waals surface area contributed by atoms with Gasteiger partial charge in [0.1, 0.15) is 12.4 Å². The summed E-state index contributed by atoms with van der Waals surface area (Å²) in [7, 11) is 0. The molecule has 2 N–H and O–H groups in total. The molecule has 0 aliphatic carbocycles. The predicted octanol–water partition coefficient (Wildman–Crippen LogP) is 1.96. The number of hydrogen-bond acceptors (Lipinski definition) is 3. The summed E-state index contributed by atoms with van der Waals surface area (Å²) in [4.78, 5) is 24.9. The van der Waals surface area contributed by atoms with Crippen molar-refractivity contribution >= 4 is 23.3 Å². The van der Waals surface area contributed by atoms with Crippen molar-refractivity contribution in [3.8, 4) is 5.75 Å². The van der Waals surface area contributed by atoms with E-state index in [0.717, 1.165) is 0 Å². The van der Waals surface area contributed by atoms with Gasteiger partial charge in [0.2, 0.25) is 5.91 Å². The molecule has 0 aromatic heterocycles. The Morgan fingerprint density at radius 2 is 2.10 bits per heavy atom. The summed E-state index contributed by atoms with van der Waals surface area (Å²) in [6.45, 7) is 6.29. The summed E-state index contributed by atoms with van der Waals surface area (Å²) in [6, 6.07) is 5.05. The summed E-state index contributed by atoms with van der Waals surface area (Å²) in [5.41, 5.74) is 1.31. The van der Waals surface area contributed by atoms with Gasteiger partial charge < -0.3 is 20.3 Å². The number of ether oxygens (including phenoxy) is 1. The van der Waals surface area contributed by atoms with Crippen LogP contribution in [0.4, 0.5) is 16.2 Å². The zero-order valence-corrected chi connectivity index (χ0v) is 11.9. The summed E-state index contributed by atoms with van der Waals surface area (Å²) in [5, 5.41) is 5.48. The molecule has 3 amide bonds. The average Bonchev–Trinajstić information content (AvgIpc) is 2.36. The van der Waals surface area contributed by atoms with Crippen molar-refractivity contribution in [2.45, 2.75) is 26.8 Å². The third-order valence-corrected chi connectivity index (χ3v) is 2.88. The number of benzene rings is 1. The number of carbonyl (C=O) groups excluding carboxylic acids is 2. The number of urea groups is 1. The molecular weight excluding hydrogens is 258 g/mol. The molecule has 6 nitrogen and oxygen atoms in total. The van der Waals surface area contributed by atoms with Gasteiger partial charge in [0, 0.05) is 18.7 Å². The minimum atomic E-state index is -0.272. The van der Waals surface area contributed by atoms with Crippen LogP contribution in [-0.2, 0) is 4.79 Å². The number of nitrogens with one attached hydrogen (secondary N) is 2. The Kier molecular flexibility index (Phi) is 4.12. The van der Waals surface area contributed by atoms with E-state index in [1.54, 1.807) is 23.1 Å². The highest BCUT2D eigenvalue weighted by Crippen LogP contribution is 2.34. The molecule has 1 aliphatic rings. The summed E-state index contributed by atoms with van der Waals surface area (Å²) >= 11 is 0. The SMILES string of the molecule is CC(=O)N1CCOc2ccc(NC(=O)NC(C)C)cc21. The molecule has 0 spiro atoms. The van der Waals surface area contributed by atoms with E-state index in [-0.39, 0.29) is 18.0 Å². The monoisotopic (exact) mass is 277 g/mol. The summed E-state index contributed by atoms with van der Waals surface area (Å²) in [5.74, 6) is 0.611. The molecule has 0 atom stereocenters. The normalized spacial score (nSPS) is 13.5. The molecule has 6 heteroatoms. The molecule has 1 aromatic carbocycles. The highest BCUT2D eigenvalue weighted by atomic mass is 16.5. The molecular formula is C14H19N3O3. The third-order valence-electron chi connectivity index (χ3n) is 2.88. The van der Waals surface area contributed by atoms with Gasteiger partial charge in [-0.2, -0.15) is 0 Å². The van der Waals surface area contributed by atoms with E-state index in [4.69, 9.17) is 4.74 Å². The molecule has 0 saturated heterocycles. The number of hydrogen-bond donors (Lipinski definition) is 2. The zero-order chi connectivity index (χ0) is 14.7. The van der Waals surface area contributed by atoms with E-state index in [9.17, 15) is 9.59 Å². The lowest BCUT2D eigenvalue weighted by molar-refractivity contribution is -0.116. The number of rotatable bonds is 2. The molecule has 2 rings (SSSR count). The van der Waals surface area contributed by atoms with E-state index in [1.165, 1.54) is 6.92 Å². The van der Waals surface area contributed by atoms with Crippen LogP contribution in [-0.4, -0.2) is 31.1 Å². The molecule has 1 aliphatic heterocycles. The van der Waals surface area contributed by atoms with E-state index >= 15 is 0 Å². The minimum Gasteiger partial charge on any atom is -0.490 e. The molecule has 108 valence electrons. The van der Waals surface area contributed by atoms with Crippen LogP contribution in [0.25, 0.3) is 0 Å². The van der Waals surface area contributed by atoms with Crippen LogP contribution in [0.3, 0.4) is 0 Å². The largest absolute Gasteiger partial charge is 0.490 e. The Morgan fingerprint density at radius 1 is 1.35 bits per heavy atom. The predicted molar refractivity (Wildman–Crippen MR) is 77.3 cm³/mol. The standard InChI is InChI=1S/C14H19N3O3/c1-9(2)15-14(19)16-11-4-5-13-12(8-11)17(10(3)18)6-7-20-13/h4-5,8-9H,6-7H2,1-3H3,(H2,15,16,19). The zero-order valence-electron chi connectivity index (χ0n) is 11.9. The second-order valence-electron chi connectivity index (χ2n) is 4.95. The highest BCUT2D eigenvalue weighted by Gasteiger charge is 2.21. The van der Waals surface area contributed by atoms with Crippen molar-refractivity contribution in [2.75, 3.05) is 23.4 Å². The smallest absolute Gasteiger partial charge is 0.319 e. The van der Waals surface area contributed by atoms with Gasteiger partial charge in [-0.25, -0.2) is 4.79 Å². The Bertz CT molecular complexity index is 528. The first kappa shape index (κ1) is 14.2. The first-order valence-electron chi connectivity index (χ1n) is 6.60. The first-order chi connectivity index (χ1) is 9.47. The van der Waals surface area contributed by atoms with Crippen molar-refractivity contribution < 1.29 is 14.3 Å². The number of amides is 3.